The van der Waals surface area contributed by atoms with Gasteiger partial charge in [0.05, 0.1) is 18.1 Å². The topological polar surface area (TPSA) is 94.3 Å². The van der Waals surface area contributed by atoms with Crippen LogP contribution in [0.5, 0.6) is 5.75 Å². The molecule has 0 unspecified atom stereocenters. The van der Waals surface area contributed by atoms with E-state index in [0.29, 0.717) is 24.8 Å². The van der Waals surface area contributed by atoms with Crippen molar-refractivity contribution in [2.45, 2.75) is 18.6 Å². The molecule has 124 valence electrons. The van der Waals surface area contributed by atoms with Gasteiger partial charge in [-0.2, -0.15) is 4.98 Å². The highest BCUT2D eigenvalue weighted by Crippen LogP contribution is 2.24. The zero-order chi connectivity index (χ0) is 16.4. The second kappa shape index (κ2) is 6.29. The van der Waals surface area contributed by atoms with Gasteiger partial charge in [-0.1, -0.05) is 5.16 Å². The molecule has 0 radical (unpaired) electrons. The van der Waals surface area contributed by atoms with Crippen LogP contribution in [0.3, 0.4) is 0 Å². The highest BCUT2D eigenvalue weighted by molar-refractivity contribution is 7.92. The first kappa shape index (κ1) is 15.9. The summed E-state index contributed by atoms with van der Waals surface area (Å²) in [7, 11) is -1.48. The van der Waals surface area contributed by atoms with Crippen LogP contribution in [-0.2, 0) is 16.3 Å². The van der Waals surface area contributed by atoms with E-state index in [1.165, 1.54) is 0 Å². The molecule has 0 bridgehead atoms. The van der Waals surface area contributed by atoms with Crippen LogP contribution in [0.4, 0.5) is 0 Å². The molecule has 0 spiro atoms. The minimum Gasteiger partial charge on any atom is -0.496 e. The third kappa shape index (κ3) is 3.37. The first-order valence-corrected chi connectivity index (χ1v) is 9.11. The van der Waals surface area contributed by atoms with Gasteiger partial charge in [0.1, 0.15) is 5.75 Å². The maximum Gasteiger partial charge on any atom is 0.228 e. The Kier molecular flexibility index (Phi) is 4.36. The lowest BCUT2D eigenvalue weighted by molar-refractivity contribution is 0.373. The Labute approximate surface area is 135 Å². The van der Waals surface area contributed by atoms with Crippen molar-refractivity contribution in [1.82, 2.24) is 15.5 Å². The van der Waals surface area contributed by atoms with E-state index in [-0.39, 0.29) is 12.2 Å². The van der Waals surface area contributed by atoms with Crippen molar-refractivity contribution in [3.05, 3.63) is 29.7 Å². The van der Waals surface area contributed by atoms with Gasteiger partial charge in [0.2, 0.25) is 11.7 Å². The van der Waals surface area contributed by atoms with Crippen molar-refractivity contribution in [3.63, 3.8) is 0 Å². The highest BCUT2D eigenvalue weighted by Gasteiger charge is 2.30. The molecular formula is C15H19N3O4S. The van der Waals surface area contributed by atoms with Crippen LogP contribution in [0.1, 0.15) is 11.5 Å². The number of aromatic nitrogens is 2. The number of sulfone groups is 1. The van der Waals surface area contributed by atoms with Crippen LogP contribution in [0.25, 0.3) is 11.4 Å². The quantitative estimate of drug-likeness (QED) is 0.889. The maximum atomic E-state index is 12.0. The lowest BCUT2D eigenvalue weighted by Crippen LogP contribution is -2.45. The van der Waals surface area contributed by atoms with Gasteiger partial charge in [-0.15, -0.1) is 0 Å². The van der Waals surface area contributed by atoms with E-state index in [2.05, 4.69) is 15.5 Å². The van der Waals surface area contributed by atoms with Gasteiger partial charge in [-0.3, -0.25) is 0 Å². The van der Waals surface area contributed by atoms with Crippen LogP contribution in [0, 0.1) is 6.92 Å². The first-order chi connectivity index (χ1) is 11.0. The monoisotopic (exact) mass is 337 g/mol. The van der Waals surface area contributed by atoms with E-state index in [1.807, 2.05) is 25.1 Å². The van der Waals surface area contributed by atoms with E-state index in [0.717, 1.165) is 16.9 Å². The third-order valence-corrected chi connectivity index (χ3v) is 6.09. The van der Waals surface area contributed by atoms with Crippen LogP contribution < -0.4 is 10.1 Å². The average Bonchev–Trinajstić information content (AvgIpc) is 2.98. The first-order valence-electron chi connectivity index (χ1n) is 7.39. The Bertz CT molecular complexity index is 801. The van der Waals surface area contributed by atoms with Gasteiger partial charge in [-0.25, -0.2) is 8.42 Å². The molecule has 1 aromatic carbocycles. The third-order valence-electron chi connectivity index (χ3n) is 3.97. The summed E-state index contributed by atoms with van der Waals surface area (Å²) in [4.78, 5) is 4.33. The number of nitrogens with zero attached hydrogens (tertiary/aromatic N) is 2. The molecule has 7 nitrogen and oxygen atoms in total. The van der Waals surface area contributed by atoms with Gasteiger partial charge in [0.15, 0.2) is 9.84 Å². The fraction of sp³-hybridized carbons (Fsp3) is 0.467. The Balaban J connectivity index is 1.79. The summed E-state index contributed by atoms with van der Waals surface area (Å²) in [6.07, 6.45) is 0.234. The summed E-state index contributed by atoms with van der Waals surface area (Å²) in [5.74, 6) is 1.73. The molecular weight excluding hydrogens is 318 g/mol. The van der Waals surface area contributed by atoms with Gasteiger partial charge in [0, 0.05) is 25.1 Å². The number of aryl methyl sites for hydroxylation is 1. The zero-order valence-corrected chi connectivity index (χ0v) is 13.9. The van der Waals surface area contributed by atoms with Gasteiger partial charge >= 0.3 is 0 Å². The second-order valence-corrected chi connectivity index (χ2v) is 7.99. The molecule has 2 heterocycles. The standard InChI is InChI=1S/C15H19N3O4S/c1-10-7-11(3-4-13(10)21-2)15-17-14(22-18-15)8-12-9-16-5-6-23(12,19)20/h3-4,7,12,16H,5-6,8-9H2,1-2H3/t12-/m0/s1. The van der Waals surface area contributed by atoms with E-state index in [9.17, 15) is 8.42 Å². The largest absolute Gasteiger partial charge is 0.496 e. The fourth-order valence-corrected chi connectivity index (χ4v) is 4.17. The van der Waals surface area contributed by atoms with E-state index < -0.39 is 15.1 Å². The van der Waals surface area contributed by atoms with Crippen molar-refractivity contribution < 1.29 is 17.7 Å². The Morgan fingerprint density at radius 3 is 2.96 bits per heavy atom. The molecule has 1 aliphatic heterocycles. The molecule has 1 fully saturated rings. The summed E-state index contributed by atoms with van der Waals surface area (Å²) in [5, 5.41) is 6.53. The number of nitrogens with one attached hydrogen (secondary N) is 1. The molecule has 2 aromatic rings. The second-order valence-electron chi connectivity index (χ2n) is 5.59. The number of hydrogen-bond donors (Lipinski definition) is 1. The molecule has 1 aliphatic rings. The predicted molar refractivity (Wildman–Crippen MR) is 85.2 cm³/mol. The van der Waals surface area contributed by atoms with E-state index >= 15 is 0 Å². The molecule has 1 saturated heterocycles. The molecule has 1 N–H and O–H groups in total. The van der Waals surface area contributed by atoms with Crippen molar-refractivity contribution in [1.29, 1.82) is 0 Å². The normalized spacial score (nSPS) is 20.3. The minimum atomic E-state index is -3.10. The van der Waals surface area contributed by atoms with Crippen molar-refractivity contribution in [3.8, 4) is 17.1 Å². The molecule has 0 saturated carbocycles. The minimum absolute atomic E-state index is 0.149. The van der Waals surface area contributed by atoms with Gasteiger partial charge in [0.25, 0.3) is 0 Å². The number of hydrogen-bond acceptors (Lipinski definition) is 7. The van der Waals surface area contributed by atoms with Crippen LogP contribution in [0.2, 0.25) is 0 Å². The van der Waals surface area contributed by atoms with Gasteiger partial charge < -0.3 is 14.6 Å². The number of ether oxygens (including phenoxy) is 1. The van der Waals surface area contributed by atoms with E-state index in [1.54, 1.807) is 7.11 Å². The maximum absolute atomic E-state index is 12.0. The lowest BCUT2D eigenvalue weighted by atomic mass is 10.1. The van der Waals surface area contributed by atoms with Crippen LogP contribution >= 0.6 is 0 Å². The SMILES string of the molecule is COc1ccc(-c2noc(C[C@H]3CNCCS3(=O)=O)n2)cc1C. The fourth-order valence-electron chi connectivity index (χ4n) is 2.64. The Morgan fingerprint density at radius 2 is 2.26 bits per heavy atom. The Morgan fingerprint density at radius 1 is 1.43 bits per heavy atom. The van der Waals surface area contributed by atoms with Crippen molar-refractivity contribution in [2.24, 2.45) is 0 Å². The number of methoxy groups -OCH3 is 1. The summed E-state index contributed by atoms with van der Waals surface area (Å²) >= 11 is 0. The highest BCUT2D eigenvalue weighted by atomic mass is 32.2. The van der Waals surface area contributed by atoms with Crippen LogP contribution in [-0.4, -0.2) is 49.8 Å². The molecule has 0 aliphatic carbocycles. The molecule has 8 heteroatoms. The Hall–Kier alpha value is -1.93. The number of rotatable bonds is 4. The summed E-state index contributed by atoms with van der Waals surface area (Å²) in [5.41, 5.74) is 1.78. The molecule has 1 atom stereocenters. The average molecular weight is 337 g/mol. The predicted octanol–water partition coefficient (Wildman–Crippen LogP) is 0.983. The summed E-state index contributed by atoms with van der Waals surface area (Å²) in [6, 6.07) is 5.60. The van der Waals surface area contributed by atoms with Crippen LogP contribution in [0.15, 0.2) is 22.7 Å². The molecule has 1 aromatic heterocycles. The van der Waals surface area contributed by atoms with Crippen molar-refractivity contribution >= 4 is 9.84 Å². The van der Waals surface area contributed by atoms with E-state index in [4.69, 9.17) is 9.26 Å². The van der Waals surface area contributed by atoms with Gasteiger partial charge in [-0.05, 0) is 30.7 Å². The number of benzene rings is 1. The lowest BCUT2D eigenvalue weighted by Gasteiger charge is -2.21. The summed E-state index contributed by atoms with van der Waals surface area (Å²) < 4.78 is 34.5. The zero-order valence-electron chi connectivity index (χ0n) is 13.1. The molecule has 0 amide bonds. The van der Waals surface area contributed by atoms with Crippen molar-refractivity contribution in [2.75, 3.05) is 26.0 Å². The smallest absolute Gasteiger partial charge is 0.228 e. The molecule has 3 rings (SSSR count). The molecule has 23 heavy (non-hydrogen) atoms. The summed E-state index contributed by atoms with van der Waals surface area (Å²) in [6.45, 7) is 2.85.